The number of hydrogen-bond donors (Lipinski definition) is 2. The van der Waals surface area contributed by atoms with Gasteiger partial charge in [0.1, 0.15) is 11.1 Å². The van der Waals surface area contributed by atoms with Gasteiger partial charge in [0.25, 0.3) is 5.56 Å². The van der Waals surface area contributed by atoms with E-state index in [9.17, 15) is 14.7 Å². The second kappa shape index (κ2) is 6.39. The van der Waals surface area contributed by atoms with Crippen LogP contribution in [0.5, 0.6) is 5.75 Å². The van der Waals surface area contributed by atoms with Crippen LogP contribution >= 0.6 is 0 Å². The summed E-state index contributed by atoms with van der Waals surface area (Å²) in [7, 11) is 0. The summed E-state index contributed by atoms with van der Waals surface area (Å²) in [6.07, 6.45) is 2.10. The van der Waals surface area contributed by atoms with Crippen LogP contribution in [0.1, 0.15) is 28.7 Å². The van der Waals surface area contributed by atoms with E-state index in [0.717, 1.165) is 16.8 Å². The molecule has 0 aliphatic heterocycles. The third-order valence-corrected chi connectivity index (χ3v) is 4.85. The van der Waals surface area contributed by atoms with Gasteiger partial charge in [-0.05, 0) is 19.4 Å². The van der Waals surface area contributed by atoms with Crippen LogP contribution in [-0.4, -0.2) is 25.4 Å². The lowest BCUT2D eigenvalue weighted by Crippen LogP contribution is -2.25. The SMILES string of the molecule is CCc1cc2c(c(C)n1)c1[nH]cc(O)c1c(=O)n2CC(=O)c1ccccc1. The van der Waals surface area contributed by atoms with Crippen molar-refractivity contribution in [2.75, 3.05) is 0 Å². The molecule has 6 heteroatoms. The Morgan fingerprint density at radius 3 is 2.67 bits per heavy atom. The molecular formula is C21H19N3O3. The molecule has 0 atom stereocenters. The van der Waals surface area contributed by atoms with Crippen molar-refractivity contribution in [3.8, 4) is 5.75 Å². The van der Waals surface area contributed by atoms with Crippen molar-refractivity contribution in [2.24, 2.45) is 0 Å². The lowest BCUT2D eigenvalue weighted by atomic mass is 10.1. The third kappa shape index (κ3) is 2.70. The number of H-pyrrole nitrogens is 1. The Balaban J connectivity index is 2.03. The molecule has 0 saturated carbocycles. The minimum atomic E-state index is -0.395. The molecule has 4 aromatic rings. The summed E-state index contributed by atoms with van der Waals surface area (Å²) >= 11 is 0. The molecule has 0 fully saturated rings. The summed E-state index contributed by atoms with van der Waals surface area (Å²) in [6, 6.07) is 10.7. The number of fused-ring (bicyclic) bond motifs is 3. The van der Waals surface area contributed by atoms with E-state index in [1.165, 1.54) is 10.8 Å². The van der Waals surface area contributed by atoms with Crippen LogP contribution < -0.4 is 5.56 Å². The van der Waals surface area contributed by atoms with Crippen LogP contribution in [0, 0.1) is 6.92 Å². The van der Waals surface area contributed by atoms with Gasteiger partial charge in [0.05, 0.1) is 17.6 Å². The summed E-state index contributed by atoms with van der Waals surface area (Å²) in [5.41, 5.74) is 2.92. The molecule has 3 heterocycles. The van der Waals surface area contributed by atoms with Gasteiger partial charge < -0.3 is 10.1 Å². The largest absolute Gasteiger partial charge is 0.505 e. The zero-order valence-electron chi connectivity index (χ0n) is 15.1. The van der Waals surface area contributed by atoms with Crippen molar-refractivity contribution in [3.05, 3.63) is 69.9 Å². The number of benzene rings is 1. The lowest BCUT2D eigenvalue weighted by molar-refractivity contribution is 0.0972. The molecule has 0 aliphatic carbocycles. The number of nitrogens with zero attached hydrogens (tertiary/aromatic N) is 2. The van der Waals surface area contributed by atoms with E-state index in [0.29, 0.717) is 23.0 Å². The summed E-state index contributed by atoms with van der Waals surface area (Å²) < 4.78 is 1.44. The number of aromatic nitrogens is 3. The topological polar surface area (TPSA) is 88.0 Å². The van der Waals surface area contributed by atoms with Crippen molar-refractivity contribution < 1.29 is 9.90 Å². The number of aryl methyl sites for hydroxylation is 2. The molecular weight excluding hydrogens is 342 g/mol. The zero-order chi connectivity index (χ0) is 19.1. The maximum atomic E-state index is 13.1. The van der Waals surface area contributed by atoms with Crippen LogP contribution in [-0.2, 0) is 13.0 Å². The minimum absolute atomic E-state index is 0.105. The fourth-order valence-electron chi connectivity index (χ4n) is 3.51. The van der Waals surface area contributed by atoms with Crippen LogP contribution in [0.25, 0.3) is 21.8 Å². The molecule has 1 aromatic carbocycles. The number of nitrogens with one attached hydrogen (secondary N) is 1. The van der Waals surface area contributed by atoms with E-state index in [2.05, 4.69) is 9.97 Å². The van der Waals surface area contributed by atoms with Gasteiger partial charge >= 0.3 is 0 Å². The van der Waals surface area contributed by atoms with Gasteiger partial charge in [0.15, 0.2) is 5.78 Å². The molecule has 0 spiro atoms. The number of Topliss-reactive ketones (excluding diaryl/α,β-unsaturated/α-hetero) is 1. The van der Waals surface area contributed by atoms with Crippen LogP contribution in [0.3, 0.4) is 0 Å². The first-order chi connectivity index (χ1) is 13.0. The second-order valence-electron chi connectivity index (χ2n) is 6.55. The van der Waals surface area contributed by atoms with E-state index in [1.807, 2.05) is 26.0 Å². The summed E-state index contributed by atoms with van der Waals surface area (Å²) in [4.78, 5) is 33.4. The molecule has 0 radical (unpaired) electrons. The van der Waals surface area contributed by atoms with Gasteiger partial charge in [-0.3, -0.25) is 19.1 Å². The molecule has 0 amide bonds. The highest BCUT2D eigenvalue weighted by molar-refractivity contribution is 6.07. The van der Waals surface area contributed by atoms with E-state index < -0.39 is 5.56 Å². The Bertz CT molecular complexity index is 1240. The third-order valence-electron chi connectivity index (χ3n) is 4.85. The van der Waals surface area contributed by atoms with Gasteiger partial charge in [0.2, 0.25) is 0 Å². The first-order valence-corrected chi connectivity index (χ1v) is 8.82. The molecule has 0 bridgehead atoms. The van der Waals surface area contributed by atoms with Crippen molar-refractivity contribution in [2.45, 2.75) is 26.8 Å². The standard InChI is InChI=1S/C21H19N3O3/c1-3-14-9-15-18(12(2)23-14)20-19(16(25)10-22-20)21(27)24(15)11-17(26)13-7-5-4-6-8-13/h4-10,22,25H,3,11H2,1-2H3. The summed E-state index contributed by atoms with van der Waals surface area (Å²) in [5.74, 6) is -0.294. The average molecular weight is 361 g/mol. The number of carbonyl (C=O) groups excluding carboxylic acids is 1. The fraction of sp³-hybridized carbons (Fsp3) is 0.190. The molecule has 3 aromatic heterocycles. The van der Waals surface area contributed by atoms with Gasteiger partial charge in [-0.25, -0.2) is 0 Å². The first-order valence-electron chi connectivity index (χ1n) is 8.82. The maximum Gasteiger partial charge on any atom is 0.264 e. The molecule has 2 N–H and O–H groups in total. The van der Waals surface area contributed by atoms with E-state index in [1.54, 1.807) is 24.3 Å². The van der Waals surface area contributed by atoms with Crippen LogP contribution in [0.15, 0.2) is 47.4 Å². The zero-order valence-corrected chi connectivity index (χ0v) is 15.1. The average Bonchev–Trinajstić information content (AvgIpc) is 3.06. The summed E-state index contributed by atoms with van der Waals surface area (Å²) in [6.45, 7) is 3.75. The first kappa shape index (κ1) is 17.0. The highest BCUT2D eigenvalue weighted by Gasteiger charge is 2.20. The Morgan fingerprint density at radius 1 is 1.22 bits per heavy atom. The van der Waals surface area contributed by atoms with Crippen molar-refractivity contribution in [3.63, 3.8) is 0 Å². The number of rotatable bonds is 4. The second-order valence-corrected chi connectivity index (χ2v) is 6.55. The number of aromatic hydroxyl groups is 1. The molecule has 27 heavy (non-hydrogen) atoms. The smallest absolute Gasteiger partial charge is 0.264 e. The molecule has 4 rings (SSSR count). The lowest BCUT2D eigenvalue weighted by Gasteiger charge is -2.14. The van der Waals surface area contributed by atoms with Gasteiger partial charge in [-0.2, -0.15) is 0 Å². The predicted octanol–water partition coefficient (Wildman–Crippen LogP) is 3.34. The number of ketones is 1. The quantitative estimate of drug-likeness (QED) is 0.546. The Hall–Kier alpha value is -3.41. The molecule has 0 aliphatic rings. The minimum Gasteiger partial charge on any atom is -0.505 e. The number of pyridine rings is 2. The Kier molecular flexibility index (Phi) is 4.03. The number of aromatic amines is 1. The highest BCUT2D eigenvalue weighted by atomic mass is 16.3. The van der Waals surface area contributed by atoms with E-state index in [-0.39, 0.29) is 23.5 Å². The van der Waals surface area contributed by atoms with E-state index >= 15 is 0 Å². The van der Waals surface area contributed by atoms with Crippen LogP contribution in [0.2, 0.25) is 0 Å². The number of hydrogen-bond acceptors (Lipinski definition) is 4. The van der Waals surface area contributed by atoms with Crippen molar-refractivity contribution in [1.29, 1.82) is 0 Å². The predicted molar refractivity (Wildman–Crippen MR) is 104 cm³/mol. The van der Waals surface area contributed by atoms with Gasteiger partial charge in [-0.1, -0.05) is 37.3 Å². The Morgan fingerprint density at radius 2 is 1.96 bits per heavy atom. The molecule has 0 saturated heterocycles. The normalized spacial score (nSPS) is 11.3. The van der Waals surface area contributed by atoms with Gasteiger partial charge in [0, 0.05) is 28.5 Å². The highest BCUT2D eigenvalue weighted by Crippen LogP contribution is 2.30. The van der Waals surface area contributed by atoms with Crippen molar-refractivity contribution in [1.82, 2.24) is 14.5 Å². The monoisotopic (exact) mass is 361 g/mol. The van der Waals surface area contributed by atoms with Gasteiger partial charge in [-0.15, -0.1) is 0 Å². The Labute approximate surface area is 155 Å². The maximum absolute atomic E-state index is 13.1. The molecule has 6 nitrogen and oxygen atoms in total. The molecule has 0 unspecified atom stereocenters. The van der Waals surface area contributed by atoms with E-state index in [4.69, 9.17) is 0 Å². The van der Waals surface area contributed by atoms with Crippen molar-refractivity contribution >= 4 is 27.6 Å². The fourth-order valence-corrected chi connectivity index (χ4v) is 3.51. The summed E-state index contributed by atoms with van der Waals surface area (Å²) in [5, 5.41) is 11.1. The number of carbonyl (C=O) groups is 1. The molecule has 136 valence electrons. The van der Waals surface area contributed by atoms with Crippen LogP contribution in [0.4, 0.5) is 0 Å².